The highest BCUT2D eigenvalue weighted by atomic mass is 32.2. The molecule has 0 aromatic carbocycles. The molecular weight excluding hydrogens is 354 g/mol. The highest BCUT2D eigenvalue weighted by Crippen LogP contribution is 2.33. The van der Waals surface area contributed by atoms with E-state index in [0.717, 1.165) is 56.1 Å². The lowest BCUT2D eigenvalue weighted by molar-refractivity contribution is -0.0121. The fourth-order valence-corrected chi connectivity index (χ4v) is 5.64. The summed E-state index contributed by atoms with van der Waals surface area (Å²) in [7, 11) is 3.94. The molecule has 1 aromatic heterocycles. The van der Waals surface area contributed by atoms with E-state index in [1.54, 1.807) is 11.3 Å². The van der Waals surface area contributed by atoms with Crippen molar-refractivity contribution in [3.8, 4) is 0 Å². The Bertz CT molecular complexity index is 579. The van der Waals surface area contributed by atoms with E-state index in [1.807, 2.05) is 14.0 Å². The van der Waals surface area contributed by atoms with Crippen molar-refractivity contribution in [2.45, 2.75) is 25.4 Å². The zero-order valence-corrected chi connectivity index (χ0v) is 17.1. The smallest absolute Gasteiger partial charge is 0.193 e. The molecule has 0 aliphatic carbocycles. The van der Waals surface area contributed by atoms with E-state index in [-0.39, 0.29) is 5.54 Å². The fraction of sp³-hybridized carbons (Fsp3) is 0.765. The summed E-state index contributed by atoms with van der Waals surface area (Å²) in [5.41, 5.74) is 1.33. The third-order valence-corrected chi connectivity index (χ3v) is 7.04. The van der Waals surface area contributed by atoms with E-state index in [1.165, 1.54) is 17.9 Å². The molecule has 6 nitrogen and oxygen atoms in total. The highest BCUT2D eigenvalue weighted by Gasteiger charge is 2.40. The first-order valence-electron chi connectivity index (χ1n) is 8.86. The first-order chi connectivity index (χ1) is 12.1. The topological polar surface area (TPSA) is 53.0 Å². The predicted octanol–water partition coefficient (Wildman–Crippen LogP) is 1.67. The van der Waals surface area contributed by atoms with Gasteiger partial charge in [0.2, 0.25) is 0 Å². The minimum absolute atomic E-state index is 0.225. The largest absolute Gasteiger partial charge is 0.379 e. The summed E-state index contributed by atoms with van der Waals surface area (Å²) in [4.78, 5) is 13.8. The Labute approximate surface area is 159 Å². The molecule has 3 rings (SSSR count). The summed E-state index contributed by atoms with van der Waals surface area (Å²) < 4.78 is 5.55. The van der Waals surface area contributed by atoms with Crippen LogP contribution in [0.25, 0.3) is 0 Å². The lowest BCUT2D eigenvalue weighted by atomic mass is 9.95. The average Bonchev–Trinajstić information content (AvgIpc) is 3.26. The molecule has 0 radical (unpaired) electrons. The molecular formula is C17H29N5OS2. The van der Waals surface area contributed by atoms with E-state index in [4.69, 9.17) is 4.74 Å². The third-order valence-electron chi connectivity index (χ3n) is 4.98. The number of aliphatic imine (C=N–C) groups is 1. The number of ether oxygens (including phenoxy) is 1. The van der Waals surface area contributed by atoms with Crippen LogP contribution < -0.4 is 5.32 Å². The molecule has 0 saturated carbocycles. The minimum Gasteiger partial charge on any atom is -0.379 e. The fourth-order valence-electron chi connectivity index (χ4n) is 3.56. The van der Waals surface area contributed by atoms with Crippen molar-refractivity contribution in [2.75, 3.05) is 58.4 Å². The van der Waals surface area contributed by atoms with Gasteiger partial charge in [0, 0.05) is 50.4 Å². The van der Waals surface area contributed by atoms with Gasteiger partial charge in [-0.25, -0.2) is 4.98 Å². The second kappa shape index (κ2) is 8.70. The van der Waals surface area contributed by atoms with Crippen LogP contribution >= 0.6 is 23.1 Å². The van der Waals surface area contributed by atoms with Crippen LogP contribution in [-0.2, 0) is 11.3 Å². The summed E-state index contributed by atoms with van der Waals surface area (Å²) in [6, 6.07) is 0. The predicted molar refractivity (Wildman–Crippen MR) is 107 cm³/mol. The van der Waals surface area contributed by atoms with Crippen LogP contribution in [0.1, 0.15) is 17.1 Å². The lowest BCUT2D eigenvalue weighted by Crippen LogP contribution is -2.60. The maximum atomic E-state index is 5.55. The van der Waals surface area contributed by atoms with Crippen LogP contribution in [0.15, 0.2) is 10.4 Å². The van der Waals surface area contributed by atoms with Crippen LogP contribution in [0.4, 0.5) is 0 Å². The summed E-state index contributed by atoms with van der Waals surface area (Å²) >= 11 is 3.76. The van der Waals surface area contributed by atoms with Crippen LogP contribution in [0.3, 0.4) is 0 Å². The van der Waals surface area contributed by atoms with Crippen molar-refractivity contribution in [1.82, 2.24) is 20.1 Å². The summed E-state index contributed by atoms with van der Waals surface area (Å²) in [6.45, 7) is 7.54. The zero-order chi connectivity index (χ0) is 17.7. The number of aromatic nitrogens is 1. The number of morpholine rings is 1. The van der Waals surface area contributed by atoms with Crippen molar-refractivity contribution < 1.29 is 4.74 Å². The number of thioether (sulfide) groups is 1. The average molecular weight is 384 g/mol. The Balaban J connectivity index is 1.60. The van der Waals surface area contributed by atoms with Crippen molar-refractivity contribution in [2.24, 2.45) is 4.99 Å². The molecule has 0 spiro atoms. The van der Waals surface area contributed by atoms with Crippen molar-refractivity contribution in [3.05, 3.63) is 16.1 Å². The molecule has 25 heavy (non-hydrogen) atoms. The van der Waals surface area contributed by atoms with Gasteiger partial charge < -0.3 is 15.0 Å². The molecule has 140 valence electrons. The van der Waals surface area contributed by atoms with Gasteiger partial charge in [-0.1, -0.05) is 0 Å². The summed E-state index contributed by atoms with van der Waals surface area (Å²) in [5.74, 6) is 3.37. The van der Waals surface area contributed by atoms with Gasteiger partial charge in [-0.15, -0.1) is 11.3 Å². The van der Waals surface area contributed by atoms with E-state index in [9.17, 15) is 0 Å². The Hall–Kier alpha value is -0.830. The second-order valence-corrected chi connectivity index (χ2v) is 8.91. The van der Waals surface area contributed by atoms with Gasteiger partial charge in [-0.05, 0) is 19.1 Å². The van der Waals surface area contributed by atoms with Crippen LogP contribution in [0.5, 0.6) is 0 Å². The molecule has 1 atom stereocenters. The minimum atomic E-state index is 0.225. The zero-order valence-electron chi connectivity index (χ0n) is 15.5. The molecule has 0 bridgehead atoms. The maximum absolute atomic E-state index is 5.55. The van der Waals surface area contributed by atoms with Gasteiger partial charge in [0.1, 0.15) is 0 Å². The van der Waals surface area contributed by atoms with Gasteiger partial charge in [-0.2, -0.15) is 11.8 Å². The molecule has 2 aliphatic heterocycles. The van der Waals surface area contributed by atoms with Crippen molar-refractivity contribution >= 4 is 29.1 Å². The SMILES string of the molecule is CN=C(NCC1(N2CCOCC2)CCSC1)N(C)Cc1csc(C)n1. The molecule has 2 aliphatic rings. The number of nitrogens with one attached hydrogen (secondary N) is 1. The van der Waals surface area contributed by atoms with Gasteiger partial charge >= 0.3 is 0 Å². The van der Waals surface area contributed by atoms with E-state index in [0.29, 0.717) is 0 Å². The van der Waals surface area contributed by atoms with Crippen LogP contribution in [-0.4, -0.2) is 84.7 Å². The number of aryl methyl sites for hydroxylation is 1. The highest BCUT2D eigenvalue weighted by molar-refractivity contribution is 7.99. The maximum Gasteiger partial charge on any atom is 0.193 e. The first kappa shape index (κ1) is 18.9. The standard InChI is InChI=1S/C17H29N5OS2/c1-14-20-15(11-25-14)10-21(3)16(18-2)19-12-17(4-9-24-13-17)22-5-7-23-8-6-22/h11H,4-10,12-13H2,1-3H3,(H,18,19). The van der Waals surface area contributed by atoms with E-state index >= 15 is 0 Å². The number of nitrogens with zero attached hydrogens (tertiary/aromatic N) is 4. The van der Waals surface area contributed by atoms with Crippen LogP contribution in [0, 0.1) is 6.92 Å². The molecule has 1 N–H and O–H groups in total. The number of thiazole rings is 1. The number of hydrogen-bond donors (Lipinski definition) is 1. The molecule has 3 heterocycles. The van der Waals surface area contributed by atoms with Crippen molar-refractivity contribution in [3.63, 3.8) is 0 Å². The monoisotopic (exact) mass is 383 g/mol. The first-order valence-corrected chi connectivity index (χ1v) is 10.9. The third kappa shape index (κ3) is 4.67. The molecule has 1 aromatic rings. The molecule has 0 amide bonds. The number of rotatable bonds is 5. The van der Waals surface area contributed by atoms with Gasteiger partial charge in [-0.3, -0.25) is 9.89 Å². The summed E-state index contributed by atoms with van der Waals surface area (Å²) in [6.07, 6.45) is 1.23. The Morgan fingerprint density at radius 1 is 1.48 bits per heavy atom. The van der Waals surface area contributed by atoms with Crippen molar-refractivity contribution in [1.29, 1.82) is 0 Å². The number of hydrogen-bond acceptors (Lipinski definition) is 6. The van der Waals surface area contributed by atoms with Crippen LogP contribution in [0.2, 0.25) is 0 Å². The lowest BCUT2D eigenvalue weighted by Gasteiger charge is -2.43. The normalized spacial score (nSPS) is 25.3. The summed E-state index contributed by atoms with van der Waals surface area (Å²) in [5, 5.41) is 6.87. The molecule has 1 unspecified atom stereocenters. The van der Waals surface area contributed by atoms with Gasteiger partial charge in [0.15, 0.2) is 5.96 Å². The second-order valence-electron chi connectivity index (χ2n) is 6.74. The van der Waals surface area contributed by atoms with Gasteiger partial charge in [0.25, 0.3) is 0 Å². The molecule has 8 heteroatoms. The molecule has 2 saturated heterocycles. The Kier molecular flexibility index (Phi) is 6.60. The quantitative estimate of drug-likeness (QED) is 0.617. The van der Waals surface area contributed by atoms with Gasteiger partial charge in [0.05, 0.1) is 30.5 Å². The Morgan fingerprint density at radius 3 is 2.88 bits per heavy atom. The number of guanidine groups is 1. The Morgan fingerprint density at radius 2 is 2.28 bits per heavy atom. The van der Waals surface area contributed by atoms with E-state index in [2.05, 4.69) is 49.3 Å². The molecule has 2 fully saturated rings. The van der Waals surface area contributed by atoms with E-state index < -0.39 is 0 Å².